The van der Waals surface area contributed by atoms with Crippen molar-refractivity contribution in [1.82, 2.24) is 9.79 Å². The van der Waals surface area contributed by atoms with Gasteiger partial charge in [0.25, 0.3) is 0 Å². The third-order valence-corrected chi connectivity index (χ3v) is 7.11. The Balaban J connectivity index is 1.44. The Kier molecular flexibility index (Phi) is 6.67. The molecule has 1 aliphatic heterocycles. The molecule has 1 saturated heterocycles. The second-order valence-electron chi connectivity index (χ2n) is 7.52. The summed E-state index contributed by atoms with van der Waals surface area (Å²) in [5, 5.41) is 0.906. The Morgan fingerprint density at radius 3 is 2.19 bits per heavy atom. The highest BCUT2D eigenvalue weighted by molar-refractivity contribution is 7.90. The molecule has 0 bridgehead atoms. The van der Waals surface area contributed by atoms with Crippen LogP contribution >= 0.6 is 0 Å². The minimum Gasteiger partial charge on any atom is -0.489 e. The van der Waals surface area contributed by atoms with E-state index < -0.39 is 21.3 Å². The molecule has 1 heterocycles. The lowest BCUT2D eigenvalue weighted by Crippen LogP contribution is -2.39. The minimum atomic E-state index is -3.59. The molecule has 0 unspecified atom stereocenters. The standard InChI is InChI=1S/C24H26N2O4S/c1-26-24(21-12-14-22(15-13-21)29-17-20-10-6-3-7-11-20)23(18-30-26)31(27,28)25-16-19-8-4-2-5-9-19/h2-15,23-25H,16-18H2,1H3/t23-,24-/m1/s1. The molecule has 7 heteroatoms. The molecule has 0 amide bonds. The van der Waals surface area contributed by atoms with Crippen molar-refractivity contribution in [1.29, 1.82) is 0 Å². The van der Waals surface area contributed by atoms with Gasteiger partial charge in [-0.1, -0.05) is 72.8 Å². The van der Waals surface area contributed by atoms with E-state index in [-0.39, 0.29) is 13.2 Å². The molecule has 0 spiro atoms. The lowest BCUT2D eigenvalue weighted by atomic mass is 10.0. The van der Waals surface area contributed by atoms with E-state index in [1.165, 1.54) is 0 Å². The van der Waals surface area contributed by atoms with Crippen molar-refractivity contribution in [2.24, 2.45) is 0 Å². The largest absolute Gasteiger partial charge is 0.489 e. The van der Waals surface area contributed by atoms with Crippen LogP contribution in [-0.2, 0) is 28.0 Å². The smallest absolute Gasteiger partial charge is 0.219 e. The fourth-order valence-corrected chi connectivity index (χ4v) is 5.16. The van der Waals surface area contributed by atoms with Crippen LogP contribution in [0.1, 0.15) is 22.7 Å². The number of ether oxygens (including phenoxy) is 1. The third kappa shape index (κ3) is 5.32. The maximum atomic E-state index is 13.0. The predicted molar refractivity (Wildman–Crippen MR) is 120 cm³/mol. The number of hydrogen-bond acceptors (Lipinski definition) is 5. The molecule has 0 aromatic heterocycles. The van der Waals surface area contributed by atoms with Gasteiger partial charge in [-0.25, -0.2) is 13.1 Å². The van der Waals surface area contributed by atoms with Gasteiger partial charge < -0.3 is 4.74 Å². The van der Waals surface area contributed by atoms with Gasteiger partial charge in [-0.3, -0.25) is 4.84 Å². The van der Waals surface area contributed by atoms with Gasteiger partial charge in [0.2, 0.25) is 10.0 Å². The summed E-state index contributed by atoms with van der Waals surface area (Å²) in [5.74, 6) is 0.732. The van der Waals surface area contributed by atoms with Crippen LogP contribution in [0.2, 0.25) is 0 Å². The summed E-state index contributed by atoms with van der Waals surface area (Å²) in [6.45, 7) is 0.840. The van der Waals surface area contributed by atoms with Gasteiger partial charge in [-0.2, -0.15) is 5.06 Å². The first-order valence-electron chi connectivity index (χ1n) is 10.2. The van der Waals surface area contributed by atoms with Gasteiger partial charge in [0.05, 0.1) is 12.6 Å². The van der Waals surface area contributed by atoms with E-state index in [1.807, 2.05) is 84.9 Å². The van der Waals surface area contributed by atoms with Gasteiger partial charge in [0.1, 0.15) is 17.6 Å². The minimum absolute atomic E-state index is 0.109. The molecule has 0 aliphatic carbocycles. The summed E-state index contributed by atoms with van der Waals surface area (Å²) in [6, 6.07) is 26.5. The summed E-state index contributed by atoms with van der Waals surface area (Å²) in [5.41, 5.74) is 2.86. The van der Waals surface area contributed by atoms with E-state index >= 15 is 0 Å². The number of hydroxylamine groups is 2. The summed E-state index contributed by atoms with van der Waals surface area (Å²) in [4.78, 5) is 5.59. The topological polar surface area (TPSA) is 67.9 Å². The predicted octanol–water partition coefficient (Wildman–Crippen LogP) is 3.67. The van der Waals surface area contributed by atoms with Crippen molar-refractivity contribution >= 4 is 10.0 Å². The summed E-state index contributed by atoms with van der Waals surface area (Å²) in [7, 11) is -1.83. The van der Waals surface area contributed by atoms with E-state index in [9.17, 15) is 8.42 Å². The number of hydrogen-bond donors (Lipinski definition) is 1. The van der Waals surface area contributed by atoms with Crippen LogP contribution < -0.4 is 9.46 Å². The summed E-state index contributed by atoms with van der Waals surface area (Å²) >= 11 is 0. The molecule has 1 N–H and O–H groups in total. The van der Waals surface area contributed by atoms with Gasteiger partial charge >= 0.3 is 0 Å². The molecule has 1 fully saturated rings. The zero-order chi connectivity index (χ0) is 21.7. The molecule has 3 aromatic carbocycles. The quantitative estimate of drug-likeness (QED) is 0.581. The molecular formula is C24H26N2O4S. The van der Waals surface area contributed by atoms with Crippen LogP contribution in [0.3, 0.4) is 0 Å². The van der Waals surface area contributed by atoms with E-state index in [0.717, 1.165) is 22.4 Å². The zero-order valence-corrected chi connectivity index (χ0v) is 18.2. The van der Waals surface area contributed by atoms with Crippen LogP contribution in [0.25, 0.3) is 0 Å². The summed E-state index contributed by atoms with van der Waals surface area (Å²) < 4.78 is 34.6. The maximum absolute atomic E-state index is 13.0. The highest BCUT2D eigenvalue weighted by atomic mass is 32.2. The number of benzene rings is 3. The Labute approximate surface area is 183 Å². The molecule has 0 radical (unpaired) electrons. The normalized spacial score (nSPS) is 19.4. The van der Waals surface area contributed by atoms with Crippen LogP contribution in [0, 0.1) is 0 Å². The number of rotatable bonds is 8. The lowest BCUT2D eigenvalue weighted by Gasteiger charge is -2.23. The molecule has 4 rings (SSSR count). The van der Waals surface area contributed by atoms with Crippen molar-refractivity contribution in [3.63, 3.8) is 0 Å². The first-order valence-corrected chi connectivity index (χ1v) is 11.7. The Morgan fingerprint density at radius 2 is 1.55 bits per heavy atom. The van der Waals surface area contributed by atoms with Gasteiger partial charge in [0, 0.05) is 13.6 Å². The van der Waals surface area contributed by atoms with Crippen molar-refractivity contribution in [3.05, 3.63) is 102 Å². The molecule has 2 atom stereocenters. The van der Waals surface area contributed by atoms with Gasteiger partial charge in [0.15, 0.2) is 0 Å². The molecule has 0 saturated carbocycles. The molecular weight excluding hydrogens is 412 g/mol. The molecule has 1 aliphatic rings. The molecule has 162 valence electrons. The van der Waals surface area contributed by atoms with Crippen molar-refractivity contribution in [2.75, 3.05) is 13.7 Å². The van der Waals surface area contributed by atoms with Crippen LogP contribution in [0.15, 0.2) is 84.9 Å². The van der Waals surface area contributed by atoms with E-state index in [4.69, 9.17) is 9.57 Å². The van der Waals surface area contributed by atoms with E-state index in [2.05, 4.69) is 4.72 Å². The van der Waals surface area contributed by atoms with Crippen molar-refractivity contribution in [2.45, 2.75) is 24.4 Å². The molecule has 3 aromatic rings. The average molecular weight is 439 g/mol. The molecule has 31 heavy (non-hydrogen) atoms. The summed E-state index contributed by atoms with van der Waals surface area (Å²) in [6.07, 6.45) is 0. The van der Waals surface area contributed by atoms with Crippen molar-refractivity contribution in [3.8, 4) is 5.75 Å². The molecule has 6 nitrogen and oxygen atoms in total. The van der Waals surface area contributed by atoms with Gasteiger partial charge in [-0.15, -0.1) is 0 Å². The van der Waals surface area contributed by atoms with Crippen LogP contribution in [0.5, 0.6) is 5.75 Å². The van der Waals surface area contributed by atoms with Crippen LogP contribution in [-0.4, -0.2) is 32.4 Å². The Morgan fingerprint density at radius 1 is 0.935 bits per heavy atom. The third-order valence-electron chi connectivity index (χ3n) is 5.38. The lowest BCUT2D eigenvalue weighted by molar-refractivity contribution is -0.110. The number of nitrogens with one attached hydrogen (secondary N) is 1. The Bertz CT molecular complexity index is 1070. The van der Waals surface area contributed by atoms with Gasteiger partial charge in [-0.05, 0) is 28.8 Å². The maximum Gasteiger partial charge on any atom is 0.219 e. The monoisotopic (exact) mass is 438 g/mol. The SMILES string of the molecule is CN1OC[C@@H](S(=O)(=O)NCc2ccccc2)[C@H]1c1ccc(OCc2ccccc2)cc1. The highest BCUT2D eigenvalue weighted by Crippen LogP contribution is 2.34. The Hall–Kier alpha value is -2.71. The second-order valence-corrected chi connectivity index (χ2v) is 9.50. The average Bonchev–Trinajstić information content (AvgIpc) is 3.20. The zero-order valence-electron chi connectivity index (χ0n) is 17.3. The first kappa shape index (κ1) is 21.5. The fourth-order valence-electron chi connectivity index (χ4n) is 3.67. The second kappa shape index (κ2) is 9.62. The first-order chi connectivity index (χ1) is 15.0. The van der Waals surface area contributed by atoms with Crippen molar-refractivity contribution < 1.29 is 18.0 Å². The van der Waals surface area contributed by atoms with Crippen LogP contribution in [0.4, 0.5) is 0 Å². The number of sulfonamides is 1. The highest BCUT2D eigenvalue weighted by Gasteiger charge is 2.43. The number of nitrogens with zero attached hydrogens (tertiary/aromatic N) is 1. The van der Waals surface area contributed by atoms with E-state index in [0.29, 0.717) is 6.61 Å². The van der Waals surface area contributed by atoms with E-state index in [1.54, 1.807) is 12.1 Å². The fraction of sp³-hybridized carbons (Fsp3) is 0.250.